The molecule has 0 bridgehead atoms. The number of fused-ring (bicyclic) bond motifs is 1. The third kappa shape index (κ3) is 3.63. The van der Waals surface area contributed by atoms with Crippen molar-refractivity contribution < 1.29 is 19.6 Å². The minimum Gasteiger partial charge on any atom is -0.469 e. The molecule has 0 radical (unpaired) electrons. The molecule has 0 aliphatic heterocycles. The number of rotatable bonds is 6. The molecule has 5 nitrogen and oxygen atoms in total. The van der Waals surface area contributed by atoms with Crippen LogP contribution in [-0.2, 0) is 22.5 Å². The quantitative estimate of drug-likeness (QED) is 0.544. The van der Waals surface area contributed by atoms with Gasteiger partial charge in [-0.15, -0.1) is 0 Å². The maximum atomic E-state index is 12.2. The van der Waals surface area contributed by atoms with E-state index in [-0.39, 0.29) is 17.8 Å². The smallest absolute Gasteiger partial charge is 0.451 e. The molecule has 0 heterocycles. The number of benzene rings is 1. The van der Waals surface area contributed by atoms with Gasteiger partial charge >= 0.3 is 13.1 Å². The predicted octanol–water partition coefficient (Wildman–Crippen LogP) is 1.48. The standard InChI is InChI=1S/C15H21BClNO4/c1-22-15(19)14-9(3-2-4-16(20)21)5-10-7-13(17)11(8-18)6-12(10)14/h6-7,9,14,20-21H,2-5,8,18H2,1H3. The lowest BCUT2D eigenvalue weighted by molar-refractivity contribution is -0.143. The van der Waals surface area contributed by atoms with Crippen LogP contribution in [0.2, 0.25) is 11.3 Å². The zero-order valence-corrected chi connectivity index (χ0v) is 13.3. The summed E-state index contributed by atoms with van der Waals surface area (Å²) < 4.78 is 4.95. The number of ether oxygens (including phenoxy) is 1. The van der Waals surface area contributed by atoms with Gasteiger partial charge in [-0.1, -0.05) is 24.1 Å². The number of hydrogen-bond acceptors (Lipinski definition) is 5. The van der Waals surface area contributed by atoms with Crippen molar-refractivity contribution in [3.8, 4) is 0 Å². The first-order valence-electron chi connectivity index (χ1n) is 7.43. The molecule has 2 rings (SSSR count). The molecule has 1 aromatic carbocycles. The summed E-state index contributed by atoms with van der Waals surface area (Å²) in [7, 11) is 0.0767. The number of carbonyl (C=O) groups is 1. The maximum absolute atomic E-state index is 12.2. The van der Waals surface area contributed by atoms with Crippen molar-refractivity contribution in [2.75, 3.05) is 7.11 Å². The number of esters is 1. The Balaban J connectivity index is 2.25. The zero-order chi connectivity index (χ0) is 16.3. The van der Waals surface area contributed by atoms with Gasteiger partial charge in [-0.3, -0.25) is 4.79 Å². The number of halogens is 1. The Morgan fingerprint density at radius 3 is 2.82 bits per heavy atom. The van der Waals surface area contributed by atoms with Gasteiger partial charge in [0.25, 0.3) is 0 Å². The van der Waals surface area contributed by atoms with E-state index in [0.29, 0.717) is 24.3 Å². The van der Waals surface area contributed by atoms with Gasteiger partial charge in [0, 0.05) is 11.6 Å². The Labute approximate surface area is 135 Å². The van der Waals surface area contributed by atoms with Crippen LogP contribution in [-0.4, -0.2) is 30.2 Å². The normalized spacial score (nSPS) is 19.9. The van der Waals surface area contributed by atoms with Crippen LogP contribution in [0.4, 0.5) is 0 Å². The summed E-state index contributed by atoms with van der Waals surface area (Å²) in [5, 5.41) is 18.5. The van der Waals surface area contributed by atoms with Crippen molar-refractivity contribution in [2.45, 2.75) is 38.0 Å². The van der Waals surface area contributed by atoms with Gasteiger partial charge in [0.15, 0.2) is 0 Å². The van der Waals surface area contributed by atoms with E-state index in [2.05, 4.69) is 0 Å². The molecule has 0 saturated carbocycles. The maximum Gasteiger partial charge on any atom is 0.451 e. The molecule has 0 amide bonds. The highest BCUT2D eigenvalue weighted by Gasteiger charge is 2.38. The Bertz CT molecular complexity index is 553. The molecular formula is C15H21BClNO4. The van der Waals surface area contributed by atoms with Gasteiger partial charge in [-0.05, 0) is 47.8 Å². The predicted molar refractivity (Wildman–Crippen MR) is 85.5 cm³/mol. The minimum atomic E-state index is -1.31. The van der Waals surface area contributed by atoms with Gasteiger partial charge in [-0.2, -0.15) is 0 Å². The molecule has 0 saturated heterocycles. The fourth-order valence-electron chi connectivity index (χ4n) is 3.23. The van der Waals surface area contributed by atoms with Crippen molar-refractivity contribution in [3.63, 3.8) is 0 Å². The summed E-state index contributed by atoms with van der Waals surface area (Å²) in [6.07, 6.45) is 2.40. The van der Waals surface area contributed by atoms with E-state index in [0.717, 1.165) is 29.5 Å². The zero-order valence-electron chi connectivity index (χ0n) is 12.6. The second kappa shape index (κ2) is 7.46. The lowest BCUT2D eigenvalue weighted by Crippen LogP contribution is -2.20. The van der Waals surface area contributed by atoms with Gasteiger partial charge in [0.1, 0.15) is 0 Å². The highest BCUT2D eigenvalue weighted by atomic mass is 35.5. The van der Waals surface area contributed by atoms with Crippen LogP contribution in [0.25, 0.3) is 0 Å². The van der Waals surface area contributed by atoms with E-state index >= 15 is 0 Å². The summed E-state index contributed by atoms with van der Waals surface area (Å²) in [6.45, 7) is 0.321. The van der Waals surface area contributed by atoms with Crippen LogP contribution in [0.15, 0.2) is 12.1 Å². The summed E-state index contributed by atoms with van der Waals surface area (Å²) in [5.74, 6) is -0.512. The van der Waals surface area contributed by atoms with Crippen LogP contribution in [0.5, 0.6) is 0 Å². The van der Waals surface area contributed by atoms with Crippen LogP contribution in [0.1, 0.15) is 35.4 Å². The third-order valence-electron chi connectivity index (χ3n) is 4.31. The summed E-state index contributed by atoms with van der Waals surface area (Å²) in [4.78, 5) is 12.2. The van der Waals surface area contributed by atoms with Gasteiger partial charge < -0.3 is 20.5 Å². The van der Waals surface area contributed by atoms with Crippen molar-refractivity contribution in [3.05, 3.63) is 33.8 Å². The molecule has 120 valence electrons. The van der Waals surface area contributed by atoms with Gasteiger partial charge in [0.05, 0.1) is 13.0 Å². The topological polar surface area (TPSA) is 92.8 Å². The molecule has 2 unspecified atom stereocenters. The summed E-state index contributed by atoms with van der Waals surface area (Å²) in [6, 6.07) is 3.79. The molecular weight excluding hydrogens is 304 g/mol. The second-order valence-electron chi connectivity index (χ2n) is 5.72. The molecule has 1 aliphatic carbocycles. The van der Waals surface area contributed by atoms with E-state index in [4.69, 9.17) is 32.1 Å². The lowest BCUT2D eigenvalue weighted by atomic mass is 9.80. The largest absolute Gasteiger partial charge is 0.469 e. The van der Waals surface area contributed by atoms with E-state index in [1.807, 2.05) is 12.1 Å². The third-order valence-corrected chi connectivity index (χ3v) is 4.66. The van der Waals surface area contributed by atoms with E-state index in [9.17, 15) is 4.79 Å². The minimum absolute atomic E-state index is 0.0882. The molecule has 0 aromatic heterocycles. The second-order valence-corrected chi connectivity index (χ2v) is 6.13. The SMILES string of the molecule is COC(=O)C1c2cc(CN)c(Cl)cc2CC1CCCB(O)O. The molecule has 7 heteroatoms. The van der Waals surface area contributed by atoms with E-state index < -0.39 is 7.12 Å². The van der Waals surface area contributed by atoms with Crippen molar-refractivity contribution >= 4 is 24.7 Å². The molecule has 2 atom stereocenters. The number of carbonyl (C=O) groups excluding carboxylic acids is 1. The van der Waals surface area contributed by atoms with Crippen LogP contribution >= 0.6 is 11.6 Å². The first kappa shape index (κ1) is 17.3. The molecule has 0 spiro atoms. The highest BCUT2D eigenvalue weighted by Crippen LogP contribution is 2.43. The Morgan fingerprint density at radius 2 is 2.23 bits per heavy atom. The Kier molecular flexibility index (Phi) is 5.86. The summed E-state index contributed by atoms with van der Waals surface area (Å²) >= 11 is 6.20. The van der Waals surface area contributed by atoms with Gasteiger partial charge in [-0.25, -0.2) is 0 Å². The van der Waals surface area contributed by atoms with Crippen LogP contribution < -0.4 is 5.73 Å². The molecule has 1 aliphatic rings. The van der Waals surface area contributed by atoms with Crippen molar-refractivity contribution in [1.29, 1.82) is 0 Å². The van der Waals surface area contributed by atoms with Crippen molar-refractivity contribution in [2.24, 2.45) is 11.7 Å². The summed E-state index contributed by atoms with van der Waals surface area (Å²) in [5.41, 5.74) is 8.50. The number of methoxy groups -OCH3 is 1. The number of nitrogens with two attached hydrogens (primary N) is 1. The van der Waals surface area contributed by atoms with Crippen molar-refractivity contribution in [1.82, 2.24) is 0 Å². The fourth-order valence-corrected chi connectivity index (χ4v) is 3.50. The average molecular weight is 326 g/mol. The number of hydrogen-bond donors (Lipinski definition) is 3. The first-order chi connectivity index (χ1) is 10.5. The van der Waals surface area contributed by atoms with E-state index in [1.165, 1.54) is 7.11 Å². The van der Waals surface area contributed by atoms with E-state index in [1.54, 1.807) is 0 Å². The van der Waals surface area contributed by atoms with Crippen LogP contribution in [0, 0.1) is 5.92 Å². The Morgan fingerprint density at radius 1 is 1.50 bits per heavy atom. The highest BCUT2D eigenvalue weighted by molar-refractivity contribution is 6.40. The lowest BCUT2D eigenvalue weighted by Gasteiger charge is -2.18. The average Bonchev–Trinajstić information content (AvgIpc) is 2.82. The molecule has 22 heavy (non-hydrogen) atoms. The fraction of sp³-hybridized carbons (Fsp3) is 0.533. The monoisotopic (exact) mass is 325 g/mol. The Hall–Kier alpha value is -1.08. The first-order valence-corrected chi connectivity index (χ1v) is 7.81. The molecule has 0 fully saturated rings. The molecule has 4 N–H and O–H groups in total. The van der Waals surface area contributed by atoms with Gasteiger partial charge in [0.2, 0.25) is 0 Å². The molecule has 1 aromatic rings. The van der Waals surface area contributed by atoms with Crippen LogP contribution in [0.3, 0.4) is 0 Å².